The van der Waals surface area contributed by atoms with Crippen molar-refractivity contribution in [1.82, 2.24) is 5.32 Å². The quantitative estimate of drug-likeness (QED) is 0.583. The summed E-state index contributed by atoms with van der Waals surface area (Å²) in [6.07, 6.45) is 5.68. The molecule has 0 saturated heterocycles. The standard InChI is InChI=1S/C10H23NOS/c1-4-5-7-12-8-6-10(11-2)9-13-3/h10-11H,4-9H2,1-3H3. The Bertz CT molecular complexity index is 101. The Hall–Kier alpha value is 0.270. The molecule has 1 atom stereocenters. The molecule has 0 aliphatic heterocycles. The van der Waals surface area contributed by atoms with Crippen molar-refractivity contribution in [1.29, 1.82) is 0 Å². The molecule has 0 aliphatic carbocycles. The maximum absolute atomic E-state index is 5.50. The Kier molecular flexibility index (Phi) is 10.6. The van der Waals surface area contributed by atoms with Gasteiger partial charge in [-0.3, -0.25) is 0 Å². The van der Waals surface area contributed by atoms with Gasteiger partial charge >= 0.3 is 0 Å². The first-order valence-electron chi connectivity index (χ1n) is 5.09. The number of ether oxygens (including phenoxy) is 1. The van der Waals surface area contributed by atoms with E-state index in [9.17, 15) is 0 Å². The molecule has 0 radical (unpaired) electrons. The maximum Gasteiger partial charge on any atom is 0.0481 e. The van der Waals surface area contributed by atoms with Crippen LogP contribution in [0.1, 0.15) is 26.2 Å². The number of rotatable bonds is 9. The van der Waals surface area contributed by atoms with Crippen LogP contribution in [0.4, 0.5) is 0 Å². The first-order chi connectivity index (χ1) is 6.35. The third-order valence-corrected chi connectivity index (χ3v) is 2.76. The Morgan fingerprint density at radius 2 is 2.15 bits per heavy atom. The van der Waals surface area contributed by atoms with Crippen LogP contribution in [-0.2, 0) is 4.74 Å². The topological polar surface area (TPSA) is 21.3 Å². The summed E-state index contributed by atoms with van der Waals surface area (Å²) in [4.78, 5) is 0. The minimum Gasteiger partial charge on any atom is -0.381 e. The highest BCUT2D eigenvalue weighted by molar-refractivity contribution is 7.98. The lowest BCUT2D eigenvalue weighted by Gasteiger charge is -2.14. The van der Waals surface area contributed by atoms with E-state index in [1.54, 1.807) is 0 Å². The average Bonchev–Trinajstić information content (AvgIpc) is 2.16. The van der Waals surface area contributed by atoms with E-state index in [0.717, 1.165) is 19.6 Å². The summed E-state index contributed by atoms with van der Waals surface area (Å²) in [5.74, 6) is 1.17. The van der Waals surface area contributed by atoms with Crippen LogP contribution in [0.25, 0.3) is 0 Å². The summed E-state index contributed by atoms with van der Waals surface area (Å²) < 4.78 is 5.50. The Balaban J connectivity index is 3.17. The van der Waals surface area contributed by atoms with Gasteiger partial charge in [-0.25, -0.2) is 0 Å². The molecule has 0 amide bonds. The largest absolute Gasteiger partial charge is 0.381 e. The summed E-state index contributed by atoms with van der Waals surface area (Å²) in [6.45, 7) is 4.01. The van der Waals surface area contributed by atoms with Gasteiger partial charge in [0.25, 0.3) is 0 Å². The van der Waals surface area contributed by atoms with E-state index in [1.807, 2.05) is 18.8 Å². The smallest absolute Gasteiger partial charge is 0.0481 e. The molecule has 0 aliphatic rings. The Labute approximate surface area is 86.8 Å². The van der Waals surface area contributed by atoms with Crippen molar-refractivity contribution in [2.24, 2.45) is 0 Å². The van der Waals surface area contributed by atoms with E-state index >= 15 is 0 Å². The van der Waals surface area contributed by atoms with Crippen LogP contribution in [0.2, 0.25) is 0 Å². The van der Waals surface area contributed by atoms with Crippen molar-refractivity contribution >= 4 is 11.8 Å². The first-order valence-corrected chi connectivity index (χ1v) is 6.48. The lowest BCUT2D eigenvalue weighted by molar-refractivity contribution is 0.123. The van der Waals surface area contributed by atoms with Gasteiger partial charge < -0.3 is 10.1 Å². The molecule has 80 valence electrons. The second-order valence-corrected chi connectivity index (χ2v) is 4.11. The summed E-state index contributed by atoms with van der Waals surface area (Å²) in [5.41, 5.74) is 0. The predicted octanol–water partition coefficient (Wildman–Crippen LogP) is 2.14. The van der Waals surface area contributed by atoms with Crippen LogP contribution >= 0.6 is 11.8 Å². The highest BCUT2D eigenvalue weighted by Crippen LogP contribution is 2.01. The minimum absolute atomic E-state index is 0.608. The second kappa shape index (κ2) is 10.4. The minimum atomic E-state index is 0.608. The average molecular weight is 205 g/mol. The molecule has 0 aromatic rings. The van der Waals surface area contributed by atoms with Crippen LogP contribution in [0.3, 0.4) is 0 Å². The van der Waals surface area contributed by atoms with Crippen LogP contribution in [0.15, 0.2) is 0 Å². The van der Waals surface area contributed by atoms with E-state index in [4.69, 9.17) is 4.74 Å². The van der Waals surface area contributed by atoms with Crippen LogP contribution in [-0.4, -0.2) is 38.3 Å². The zero-order valence-electron chi connectivity index (χ0n) is 9.14. The third-order valence-electron chi connectivity index (χ3n) is 2.03. The Morgan fingerprint density at radius 1 is 1.38 bits per heavy atom. The summed E-state index contributed by atoms with van der Waals surface area (Å²) in [6, 6.07) is 0.608. The zero-order chi connectivity index (χ0) is 9.94. The number of hydrogen-bond acceptors (Lipinski definition) is 3. The van der Waals surface area contributed by atoms with Crippen molar-refractivity contribution in [2.45, 2.75) is 32.2 Å². The van der Waals surface area contributed by atoms with Gasteiger partial charge in [0.05, 0.1) is 0 Å². The van der Waals surface area contributed by atoms with Crippen LogP contribution in [0, 0.1) is 0 Å². The van der Waals surface area contributed by atoms with Gasteiger partial charge in [0.15, 0.2) is 0 Å². The fraction of sp³-hybridized carbons (Fsp3) is 1.00. The van der Waals surface area contributed by atoms with Crippen molar-refractivity contribution in [3.05, 3.63) is 0 Å². The molecular weight excluding hydrogens is 182 g/mol. The summed E-state index contributed by atoms with van der Waals surface area (Å²) in [5, 5.41) is 3.29. The molecule has 0 aromatic heterocycles. The fourth-order valence-electron chi connectivity index (χ4n) is 1.09. The normalized spacial score (nSPS) is 13.2. The zero-order valence-corrected chi connectivity index (χ0v) is 9.95. The van der Waals surface area contributed by atoms with Crippen LogP contribution < -0.4 is 5.32 Å². The van der Waals surface area contributed by atoms with E-state index in [0.29, 0.717) is 6.04 Å². The van der Waals surface area contributed by atoms with E-state index in [-0.39, 0.29) is 0 Å². The molecule has 0 spiro atoms. The Morgan fingerprint density at radius 3 is 2.69 bits per heavy atom. The lowest BCUT2D eigenvalue weighted by Crippen LogP contribution is -2.29. The molecule has 0 aromatic carbocycles. The van der Waals surface area contributed by atoms with Crippen molar-refractivity contribution in [3.8, 4) is 0 Å². The molecule has 0 fully saturated rings. The second-order valence-electron chi connectivity index (χ2n) is 3.20. The fourth-order valence-corrected chi connectivity index (χ4v) is 1.82. The first kappa shape index (κ1) is 13.3. The molecule has 3 heteroatoms. The summed E-state index contributed by atoms with van der Waals surface area (Å²) in [7, 11) is 2.02. The molecule has 0 saturated carbocycles. The molecule has 1 unspecified atom stereocenters. The molecule has 0 rings (SSSR count). The van der Waals surface area contributed by atoms with Crippen LogP contribution in [0.5, 0.6) is 0 Å². The SMILES string of the molecule is CCCCOCCC(CSC)NC. The van der Waals surface area contributed by atoms with Crippen molar-refractivity contribution in [2.75, 3.05) is 32.3 Å². The highest BCUT2D eigenvalue weighted by atomic mass is 32.2. The van der Waals surface area contributed by atoms with E-state index in [1.165, 1.54) is 18.6 Å². The molecule has 1 N–H and O–H groups in total. The predicted molar refractivity (Wildman–Crippen MR) is 61.6 cm³/mol. The third kappa shape index (κ3) is 8.60. The van der Waals surface area contributed by atoms with Gasteiger partial charge in [0, 0.05) is 25.0 Å². The van der Waals surface area contributed by atoms with Gasteiger partial charge in [-0.05, 0) is 26.1 Å². The number of thioether (sulfide) groups is 1. The highest BCUT2D eigenvalue weighted by Gasteiger charge is 2.03. The monoisotopic (exact) mass is 205 g/mol. The maximum atomic E-state index is 5.50. The van der Waals surface area contributed by atoms with E-state index < -0.39 is 0 Å². The van der Waals surface area contributed by atoms with Gasteiger partial charge in [0.2, 0.25) is 0 Å². The van der Waals surface area contributed by atoms with Crippen molar-refractivity contribution in [3.63, 3.8) is 0 Å². The van der Waals surface area contributed by atoms with E-state index in [2.05, 4.69) is 18.5 Å². The van der Waals surface area contributed by atoms with Gasteiger partial charge in [-0.15, -0.1) is 0 Å². The summed E-state index contributed by atoms with van der Waals surface area (Å²) >= 11 is 1.88. The number of hydrogen-bond donors (Lipinski definition) is 1. The lowest BCUT2D eigenvalue weighted by atomic mass is 10.2. The van der Waals surface area contributed by atoms with Gasteiger partial charge in [-0.1, -0.05) is 13.3 Å². The molecule has 0 heterocycles. The number of nitrogens with one attached hydrogen (secondary N) is 1. The molecule has 2 nitrogen and oxygen atoms in total. The number of unbranched alkanes of at least 4 members (excludes halogenated alkanes) is 1. The van der Waals surface area contributed by atoms with Gasteiger partial charge in [0.1, 0.15) is 0 Å². The van der Waals surface area contributed by atoms with Crippen molar-refractivity contribution < 1.29 is 4.74 Å². The molecular formula is C10H23NOS. The molecule has 0 bridgehead atoms. The molecule has 13 heavy (non-hydrogen) atoms. The van der Waals surface area contributed by atoms with Gasteiger partial charge in [-0.2, -0.15) is 11.8 Å².